The third-order valence-electron chi connectivity index (χ3n) is 9.68. The molecule has 0 fully saturated rings. The molecule has 10 aromatic rings. The van der Waals surface area contributed by atoms with Gasteiger partial charge >= 0.3 is 0 Å². The molecule has 0 unspecified atom stereocenters. The van der Waals surface area contributed by atoms with Gasteiger partial charge in [0.05, 0.1) is 11.2 Å². The molecule has 0 aliphatic rings. The first kappa shape index (κ1) is 29.7. The van der Waals surface area contributed by atoms with Crippen LogP contribution in [-0.2, 0) is 0 Å². The lowest BCUT2D eigenvalue weighted by Gasteiger charge is -2.16. The molecule has 0 atom stereocenters. The molecule has 0 aliphatic heterocycles. The fourth-order valence-corrected chi connectivity index (χ4v) is 7.17. The topological polar surface area (TPSA) is 77.3 Å². The second kappa shape index (κ2) is 12.3. The van der Waals surface area contributed by atoms with E-state index in [0.717, 1.165) is 55.4 Å². The number of hydrogen-bond acceptors (Lipinski definition) is 6. The first-order valence-electron chi connectivity index (χ1n) is 17.2. The third kappa shape index (κ3) is 5.13. The van der Waals surface area contributed by atoms with E-state index in [4.69, 9.17) is 19.9 Å². The van der Waals surface area contributed by atoms with Gasteiger partial charge in [-0.2, -0.15) is 0 Å². The average molecular weight is 665 g/mol. The maximum Gasteiger partial charge on any atom is 0.165 e. The van der Waals surface area contributed by atoms with Gasteiger partial charge in [0.25, 0.3) is 0 Å². The molecule has 6 aromatic carbocycles. The molecule has 0 saturated carbocycles. The van der Waals surface area contributed by atoms with Crippen molar-refractivity contribution in [2.75, 3.05) is 0 Å². The summed E-state index contributed by atoms with van der Waals surface area (Å²) in [7, 11) is 0. The number of rotatable bonds is 5. The van der Waals surface area contributed by atoms with Crippen LogP contribution in [0.1, 0.15) is 0 Å². The van der Waals surface area contributed by atoms with E-state index >= 15 is 0 Å². The van der Waals surface area contributed by atoms with E-state index in [1.54, 1.807) is 24.8 Å². The van der Waals surface area contributed by atoms with Gasteiger partial charge in [-0.25, -0.2) is 19.9 Å². The Morgan fingerprint density at radius 1 is 0.346 bits per heavy atom. The van der Waals surface area contributed by atoms with Crippen LogP contribution >= 0.6 is 0 Å². The smallest absolute Gasteiger partial charge is 0.165 e. The van der Waals surface area contributed by atoms with Gasteiger partial charge in [-0.05, 0) is 75.1 Å². The maximum atomic E-state index is 5.31. The Hall–Kier alpha value is -7.18. The highest BCUT2D eigenvalue weighted by Gasteiger charge is 2.18. The van der Waals surface area contributed by atoms with Crippen molar-refractivity contribution in [2.24, 2.45) is 0 Å². The summed E-state index contributed by atoms with van der Waals surface area (Å²) in [6.45, 7) is 0. The Bertz CT molecular complexity index is 2890. The molecule has 242 valence electrons. The second-order valence-corrected chi connectivity index (χ2v) is 12.8. The molecule has 0 spiro atoms. The molecule has 52 heavy (non-hydrogen) atoms. The molecule has 6 nitrogen and oxygen atoms in total. The highest BCUT2D eigenvalue weighted by Crippen LogP contribution is 2.42. The van der Waals surface area contributed by atoms with Crippen LogP contribution in [0.4, 0.5) is 0 Å². The van der Waals surface area contributed by atoms with E-state index in [9.17, 15) is 0 Å². The second-order valence-electron chi connectivity index (χ2n) is 12.8. The molecule has 0 radical (unpaired) electrons. The molecule has 0 aliphatic carbocycles. The van der Waals surface area contributed by atoms with Crippen molar-refractivity contribution in [1.29, 1.82) is 0 Å². The fraction of sp³-hybridized carbons (Fsp3) is 0. The number of para-hydroxylation sites is 1. The summed E-state index contributed by atoms with van der Waals surface area (Å²) in [6.07, 6.45) is 7.01. The number of hydrogen-bond donors (Lipinski definition) is 0. The summed E-state index contributed by atoms with van der Waals surface area (Å²) < 4.78 is 0. The van der Waals surface area contributed by atoms with Gasteiger partial charge in [-0.3, -0.25) is 9.97 Å². The molecule has 0 N–H and O–H groups in total. The quantitative estimate of drug-likeness (QED) is 0.170. The fourth-order valence-electron chi connectivity index (χ4n) is 7.17. The third-order valence-corrected chi connectivity index (χ3v) is 9.68. The van der Waals surface area contributed by atoms with Gasteiger partial charge < -0.3 is 0 Å². The van der Waals surface area contributed by atoms with Crippen LogP contribution < -0.4 is 0 Å². The Labute approximate surface area is 299 Å². The van der Waals surface area contributed by atoms with Crippen LogP contribution in [0.15, 0.2) is 170 Å². The van der Waals surface area contributed by atoms with Crippen molar-refractivity contribution in [3.8, 4) is 56.5 Å². The predicted molar refractivity (Wildman–Crippen MR) is 210 cm³/mol. The zero-order chi connectivity index (χ0) is 34.4. The molecule has 0 bridgehead atoms. The summed E-state index contributed by atoms with van der Waals surface area (Å²) in [5.74, 6) is 1.73. The monoisotopic (exact) mass is 664 g/mol. The van der Waals surface area contributed by atoms with Crippen LogP contribution in [0.25, 0.3) is 99.8 Å². The number of benzene rings is 6. The molecule has 10 rings (SSSR count). The van der Waals surface area contributed by atoms with E-state index in [-0.39, 0.29) is 0 Å². The number of aromatic nitrogens is 6. The van der Waals surface area contributed by atoms with E-state index < -0.39 is 0 Å². The highest BCUT2D eigenvalue weighted by atomic mass is 15.0. The highest BCUT2D eigenvalue weighted by molar-refractivity contribution is 6.25. The van der Waals surface area contributed by atoms with Crippen LogP contribution in [0.3, 0.4) is 0 Å². The molecule has 0 amide bonds. The van der Waals surface area contributed by atoms with Crippen molar-refractivity contribution in [2.45, 2.75) is 0 Å². The van der Waals surface area contributed by atoms with E-state index in [1.807, 2.05) is 24.3 Å². The number of fused-ring (bicyclic) bond motifs is 6. The lowest BCUT2D eigenvalue weighted by atomic mass is 9.89. The minimum Gasteiger partial charge on any atom is -0.265 e. The molecule has 4 heterocycles. The van der Waals surface area contributed by atoms with Crippen molar-refractivity contribution in [1.82, 2.24) is 29.9 Å². The van der Waals surface area contributed by atoms with Gasteiger partial charge in [0.1, 0.15) is 0 Å². The lowest BCUT2D eigenvalue weighted by Crippen LogP contribution is -2.00. The zero-order valence-electron chi connectivity index (χ0n) is 27.8. The van der Waals surface area contributed by atoms with Crippen LogP contribution in [0.5, 0.6) is 0 Å². The first-order valence-corrected chi connectivity index (χ1v) is 17.2. The van der Waals surface area contributed by atoms with Crippen LogP contribution in [0.2, 0.25) is 0 Å². The predicted octanol–water partition coefficient (Wildman–Crippen LogP) is 11.0. The molecular formula is C46H28N6. The van der Waals surface area contributed by atoms with E-state index in [1.165, 1.54) is 26.9 Å². The van der Waals surface area contributed by atoms with Crippen molar-refractivity contribution in [3.63, 3.8) is 0 Å². The van der Waals surface area contributed by atoms with E-state index in [2.05, 4.69) is 131 Å². The Balaban J connectivity index is 1.16. The normalized spacial score (nSPS) is 11.5. The molecule has 0 saturated heterocycles. The summed E-state index contributed by atoms with van der Waals surface area (Å²) in [5.41, 5.74) is 7.86. The lowest BCUT2D eigenvalue weighted by molar-refractivity contribution is 1.07. The molecular weight excluding hydrogens is 637 g/mol. The maximum absolute atomic E-state index is 5.31. The minimum absolute atomic E-state index is 0.565. The van der Waals surface area contributed by atoms with Gasteiger partial charge in [-0.15, -0.1) is 0 Å². The number of pyridine rings is 3. The van der Waals surface area contributed by atoms with Crippen molar-refractivity contribution >= 4 is 43.2 Å². The summed E-state index contributed by atoms with van der Waals surface area (Å²) in [4.78, 5) is 28.4. The molecule has 4 aromatic heterocycles. The summed E-state index contributed by atoms with van der Waals surface area (Å²) >= 11 is 0. The van der Waals surface area contributed by atoms with Crippen LogP contribution in [-0.4, -0.2) is 29.9 Å². The standard InChI is InChI=1S/C46H28N6/c1-2-9-33-26-34(20-15-29(33)8-1)43-40-27-39(36-11-3-4-12-37(36)42(40)38-13-5-6-14-41(38)49-43)30-16-18-31(19-17-30)44-50-45(32-21-24-47-25-22-32)52-46(51-44)35-10-7-23-48-28-35/h1-28H. The summed E-state index contributed by atoms with van der Waals surface area (Å²) in [6, 6.07) is 50.8. The van der Waals surface area contributed by atoms with Gasteiger partial charge in [0, 0.05) is 63.2 Å². The van der Waals surface area contributed by atoms with Gasteiger partial charge in [0.15, 0.2) is 17.5 Å². The molecule has 6 heteroatoms. The zero-order valence-corrected chi connectivity index (χ0v) is 27.8. The van der Waals surface area contributed by atoms with Crippen LogP contribution in [0, 0.1) is 0 Å². The Morgan fingerprint density at radius 3 is 1.75 bits per heavy atom. The Kier molecular flexibility index (Phi) is 7.03. The van der Waals surface area contributed by atoms with Gasteiger partial charge in [0.2, 0.25) is 0 Å². The van der Waals surface area contributed by atoms with Crippen molar-refractivity contribution in [3.05, 3.63) is 170 Å². The average Bonchev–Trinajstić information content (AvgIpc) is 3.23. The SMILES string of the molecule is c1cncc(-c2nc(-c3ccncc3)nc(-c3ccc(-c4cc5c(-c6ccc7ccccc7c6)nc6ccccc6c5c5ccccc45)cc3)n2)c1. The van der Waals surface area contributed by atoms with E-state index in [0.29, 0.717) is 17.5 Å². The largest absolute Gasteiger partial charge is 0.265 e. The summed E-state index contributed by atoms with van der Waals surface area (Å²) in [5, 5.41) is 8.25. The first-order chi connectivity index (χ1) is 25.8. The Morgan fingerprint density at radius 2 is 0.981 bits per heavy atom. The van der Waals surface area contributed by atoms with Crippen molar-refractivity contribution < 1.29 is 0 Å². The minimum atomic E-state index is 0.565. The number of nitrogens with zero attached hydrogens (tertiary/aromatic N) is 6. The van der Waals surface area contributed by atoms with Gasteiger partial charge in [-0.1, -0.05) is 103 Å².